The molecule has 2 aromatic carbocycles. The van der Waals surface area contributed by atoms with E-state index in [1.807, 2.05) is 31.3 Å². The maximum absolute atomic E-state index is 13.2. The Labute approximate surface area is 198 Å². The average molecular weight is 514 g/mol. The Morgan fingerprint density at radius 2 is 1.97 bits per heavy atom. The van der Waals surface area contributed by atoms with E-state index in [2.05, 4.69) is 21.2 Å². The monoisotopic (exact) mass is 513 g/mol. The van der Waals surface area contributed by atoms with Crippen molar-refractivity contribution in [3.05, 3.63) is 64.4 Å². The highest BCUT2D eigenvalue weighted by Crippen LogP contribution is 2.29. The predicted molar refractivity (Wildman–Crippen MR) is 130 cm³/mol. The number of thiocarbonyl (C=S) groups is 1. The van der Waals surface area contributed by atoms with Crippen molar-refractivity contribution in [2.24, 2.45) is 0 Å². The zero-order valence-corrected chi connectivity index (χ0v) is 19.8. The molecule has 1 saturated heterocycles. The van der Waals surface area contributed by atoms with E-state index in [1.165, 1.54) is 12.0 Å². The fourth-order valence-electron chi connectivity index (χ4n) is 3.53. The van der Waals surface area contributed by atoms with Crippen molar-refractivity contribution in [3.8, 4) is 5.75 Å². The predicted octanol–water partition coefficient (Wildman–Crippen LogP) is 4.24. The van der Waals surface area contributed by atoms with Gasteiger partial charge in [-0.25, -0.2) is 0 Å². The largest absolute Gasteiger partial charge is 0.494 e. The molecule has 0 radical (unpaired) electrons. The molecule has 1 aliphatic heterocycles. The number of carbonyl (C=O) groups excluding carboxylic acids is 2. The van der Waals surface area contributed by atoms with Crippen LogP contribution in [0.1, 0.15) is 12.5 Å². The van der Waals surface area contributed by atoms with Crippen molar-refractivity contribution in [1.29, 1.82) is 0 Å². The van der Waals surface area contributed by atoms with Gasteiger partial charge < -0.3 is 19.4 Å². The van der Waals surface area contributed by atoms with Crippen molar-refractivity contribution in [2.75, 3.05) is 18.6 Å². The molecule has 1 amide bonds. The van der Waals surface area contributed by atoms with Crippen molar-refractivity contribution in [1.82, 2.24) is 9.88 Å². The summed E-state index contributed by atoms with van der Waals surface area (Å²) in [5, 5.41) is 4.19. The first-order valence-corrected chi connectivity index (χ1v) is 11.1. The number of halogens is 1. The van der Waals surface area contributed by atoms with Gasteiger partial charge in [0.25, 0.3) is 5.91 Å². The van der Waals surface area contributed by atoms with Gasteiger partial charge in [0, 0.05) is 27.1 Å². The summed E-state index contributed by atoms with van der Waals surface area (Å²) in [4.78, 5) is 26.4. The summed E-state index contributed by atoms with van der Waals surface area (Å²) in [6.45, 7) is 2.54. The molecule has 2 heterocycles. The first-order valence-electron chi connectivity index (χ1n) is 9.86. The van der Waals surface area contributed by atoms with Crippen LogP contribution in [0, 0.1) is 0 Å². The Morgan fingerprint density at radius 1 is 1.22 bits per heavy atom. The van der Waals surface area contributed by atoms with Crippen LogP contribution in [-0.4, -0.2) is 35.3 Å². The third-order valence-corrected chi connectivity index (χ3v) is 5.76. The summed E-state index contributed by atoms with van der Waals surface area (Å²) in [5.41, 5.74) is 2.62. The first-order chi connectivity index (χ1) is 15.4. The summed E-state index contributed by atoms with van der Waals surface area (Å²) < 4.78 is 12.9. The second kappa shape index (κ2) is 9.13. The molecule has 3 aromatic rings. The number of aromatic nitrogens is 1. The Kier molecular flexibility index (Phi) is 6.29. The molecule has 1 aliphatic rings. The van der Waals surface area contributed by atoms with Crippen LogP contribution in [0.15, 0.2) is 58.8 Å². The van der Waals surface area contributed by atoms with E-state index in [-0.39, 0.29) is 18.4 Å². The fourth-order valence-corrected chi connectivity index (χ4v) is 4.19. The van der Waals surface area contributed by atoms with E-state index >= 15 is 0 Å². The summed E-state index contributed by atoms with van der Waals surface area (Å²) in [5.74, 6) is 0.103. The number of benzene rings is 2. The molecule has 0 spiro atoms. The second-order valence-corrected chi connectivity index (χ2v) is 8.31. The van der Waals surface area contributed by atoms with Gasteiger partial charge in [0.2, 0.25) is 0 Å². The lowest BCUT2D eigenvalue weighted by molar-refractivity contribution is -0.141. The molecule has 164 valence electrons. The number of anilines is 1. The number of fused-ring (bicyclic) bond motifs is 1. The standard InChI is InChI=1S/C23H20BrN3O4S/c1-3-31-17-7-5-16(6-8-17)27-22(29)19(25-23(27)32)10-14-12-26(13-21(28)30-2)20-9-4-15(24)11-18(14)20/h4-12H,3,13H2,1-2H3,(H,25,32)/b19-10-. The zero-order chi connectivity index (χ0) is 22.8. The van der Waals surface area contributed by atoms with Gasteiger partial charge in [-0.15, -0.1) is 0 Å². The second-order valence-electron chi connectivity index (χ2n) is 7.01. The van der Waals surface area contributed by atoms with Crippen LogP contribution < -0.4 is 15.0 Å². The number of carbonyl (C=O) groups is 2. The van der Waals surface area contributed by atoms with Crippen LogP contribution in [0.5, 0.6) is 5.75 Å². The van der Waals surface area contributed by atoms with Gasteiger partial charge in [0.15, 0.2) is 5.11 Å². The smallest absolute Gasteiger partial charge is 0.325 e. The van der Waals surface area contributed by atoms with E-state index in [0.717, 1.165) is 26.7 Å². The molecule has 0 unspecified atom stereocenters. The third kappa shape index (κ3) is 4.26. The molecular formula is C23H20BrN3O4S. The molecule has 0 aliphatic carbocycles. The fraction of sp³-hybridized carbons (Fsp3) is 0.174. The van der Waals surface area contributed by atoms with Crippen LogP contribution in [0.4, 0.5) is 5.69 Å². The van der Waals surface area contributed by atoms with E-state index in [0.29, 0.717) is 23.1 Å². The molecule has 1 N–H and O–H groups in total. The summed E-state index contributed by atoms with van der Waals surface area (Å²) in [6, 6.07) is 12.9. The third-order valence-electron chi connectivity index (χ3n) is 4.99. The van der Waals surface area contributed by atoms with Gasteiger partial charge in [-0.2, -0.15) is 0 Å². The number of methoxy groups -OCH3 is 1. The van der Waals surface area contributed by atoms with Crippen LogP contribution in [0.2, 0.25) is 0 Å². The molecule has 7 nitrogen and oxygen atoms in total. The topological polar surface area (TPSA) is 72.8 Å². The van der Waals surface area contributed by atoms with Crippen molar-refractivity contribution in [2.45, 2.75) is 13.5 Å². The van der Waals surface area contributed by atoms with E-state index < -0.39 is 0 Å². The molecular weight excluding hydrogens is 494 g/mol. The van der Waals surface area contributed by atoms with Gasteiger partial charge in [-0.1, -0.05) is 15.9 Å². The van der Waals surface area contributed by atoms with Gasteiger partial charge >= 0.3 is 5.97 Å². The Balaban J connectivity index is 1.69. The number of esters is 1. The maximum atomic E-state index is 13.2. The van der Waals surface area contributed by atoms with Gasteiger partial charge in [0.05, 0.1) is 19.4 Å². The van der Waals surface area contributed by atoms with Gasteiger partial charge in [0.1, 0.15) is 18.0 Å². The van der Waals surface area contributed by atoms with Crippen molar-refractivity contribution in [3.63, 3.8) is 0 Å². The highest BCUT2D eigenvalue weighted by atomic mass is 79.9. The SMILES string of the molecule is CCOc1ccc(N2C(=O)/C(=C/c3cn(CC(=O)OC)c4ccc(Br)cc34)NC2=S)cc1. The number of nitrogens with zero attached hydrogens (tertiary/aromatic N) is 2. The van der Waals surface area contributed by atoms with E-state index in [4.69, 9.17) is 21.7 Å². The minimum Gasteiger partial charge on any atom is -0.494 e. The highest BCUT2D eigenvalue weighted by molar-refractivity contribution is 9.10. The number of ether oxygens (including phenoxy) is 2. The maximum Gasteiger partial charge on any atom is 0.325 e. The van der Waals surface area contributed by atoms with Crippen LogP contribution >= 0.6 is 28.1 Å². The Bertz CT molecular complexity index is 1250. The van der Waals surface area contributed by atoms with Crippen LogP contribution in [0.25, 0.3) is 17.0 Å². The Morgan fingerprint density at radius 3 is 2.66 bits per heavy atom. The van der Waals surface area contributed by atoms with E-state index in [1.54, 1.807) is 34.9 Å². The lowest BCUT2D eigenvalue weighted by Crippen LogP contribution is -2.30. The zero-order valence-electron chi connectivity index (χ0n) is 17.4. The normalized spacial score (nSPS) is 14.8. The average Bonchev–Trinajstić information content (AvgIpc) is 3.25. The molecule has 0 bridgehead atoms. The highest BCUT2D eigenvalue weighted by Gasteiger charge is 2.32. The lowest BCUT2D eigenvalue weighted by Gasteiger charge is -2.14. The van der Waals surface area contributed by atoms with Crippen molar-refractivity contribution >= 4 is 67.8 Å². The van der Waals surface area contributed by atoms with Gasteiger partial charge in [-0.05, 0) is 67.7 Å². The lowest BCUT2D eigenvalue weighted by atomic mass is 10.1. The number of hydrogen-bond acceptors (Lipinski definition) is 5. The van der Waals surface area contributed by atoms with Crippen LogP contribution in [-0.2, 0) is 20.9 Å². The molecule has 0 atom stereocenters. The summed E-state index contributed by atoms with van der Waals surface area (Å²) in [7, 11) is 1.35. The number of hydrogen-bond donors (Lipinski definition) is 1. The molecule has 32 heavy (non-hydrogen) atoms. The van der Waals surface area contributed by atoms with Gasteiger partial charge in [-0.3, -0.25) is 14.5 Å². The summed E-state index contributed by atoms with van der Waals surface area (Å²) >= 11 is 8.91. The Hall–Kier alpha value is -3.17. The number of rotatable bonds is 6. The quantitative estimate of drug-likeness (QED) is 0.302. The number of amides is 1. The van der Waals surface area contributed by atoms with E-state index in [9.17, 15) is 9.59 Å². The molecule has 1 aromatic heterocycles. The van der Waals surface area contributed by atoms with Crippen molar-refractivity contribution < 1.29 is 19.1 Å². The van der Waals surface area contributed by atoms with Crippen LogP contribution in [0.3, 0.4) is 0 Å². The molecule has 9 heteroatoms. The molecule has 1 fully saturated rings. The minimum atomic E-state index is -0.359. The molecule has 4 rings (SSSR count). The minimum absolute atomic E-state index is 0.0654. The number of nitrogens with one attached hydrogen (secondary N) is 1. The molecule has 0 saturated carbocycles. The summed E-state index contributed by atoms with van der Waals surface area (Å²) in [6.07, 6.45) is 3.56. The first kappa shape index (κ1) is 22.0.